The van der Waals surface area contributed by atoms with Crippen LogP contribution < -0.4 is 0 Å². The topological polar surface area (TPSA) is 132 Å². The molecule has 0 aliphatic heterocycles. The van der Waals surface area contributed by atoms with Crippen LogP contribution in [0.3, 0.4) is 0 Å². The van der Waals surface area contributed by atoms with E-state index in [1.807, 2.05) is 0 Å². The largest absolute Gasteiger partial charge is 0.472 e. The van der Waals surface area contributed by atoms with Gasteiger partial charge in [0.05, 0.1) is 26.4 Å². The van der Waals surface area contributed by atoms with E-state index in [2.05, 4.69) is 13.8 Å². The molecule has 0 aliphatic rings. The van der Waals surface area contributed by atoms with E-state index in [1.165, 1.54) is 225 Å². The van der Waals surface area contributed by atoms with Crippen LogP contribution in [0.15, 0.2) is 0 Å². The first-order valence-electron chi connectivity index (χ1n) is 26.5. The lowest BCUT2D eigenvalue weighted by Gasteiger charge is -2.20. The summed E-state index contributed by atoms with van der Waals surface area (Å²) in [6.45, 7) is 3.61. The monoisotopic (exact) mass is 891 g/mol. The van der Waals surface area contributed by atoms with Crippen LogP contribution in [-0.2, 0) is 27.9 Å². The fraction of sp³-hybridized carbons (Fsp3) is 0.980. The first kappa shape index (κ1) is 60.5. The zero-order chi connectivity index (χ0) is 44.6. The Kier molecular flexibility index (Phi) is 48.5. The molecule has 0 aromatic rings. The fourth-order valence-electron chi connectivity index (χ4n) is 8.01. The second kappa shape index (κ2) is 48.9. The van der Waals surface area contributed by atoms with Crippen LogP contribution in [-0.4, -0.2) is 66.3 Å². The molecule has 366 valence electrons. The number of esters is 1. The van der Waals surface area contributed by atoms with Crippen LogP contribution in [0, 0.1) is 0 Å². The zero-order valence-electron chi connectivity index (χ0n) is 40.4. The van der Waals surface area contributed by atoms with E-state index in [-0.39, 0.29) is 25.6 Å². The third-order valence-electron chi connectivity index (χ3n) is 12.0. The van der Waals surface area contributed by atoms with Crippen molar-refractivity contribution in [3.63, 3.8) is 0 Å². The average Bonchev–Trinajstić information content (AvgIpc) is 3.25. The van der Waals surface area contributed by atoms with Crippen molar-refractivity contribution >= 4 is 13.8 Å². The molecule has 0 aromatic carbocycles. The minimum absolute atomic E-state index is 0.0589. The molecule has 3 N–H and O–H groups in total. The SMILES string of the molecule is CCCCCCCCCCCCCCCCCCCCCCCOCC(COP(=O)(O)OCC(O)CO)OC(=O)CCCCCCCCCCCCCCCCCCCCC. The Morgan fingerprint density at radius 3 is 1.07 bits per heavy atom. The summed E-state index contributed by atoms with van der Waals surface area (Å²) in [6.07, 6.45) is 50.7. The van der Waals surface area contributed by atoms with Gasteiger partial charge in [-0.05, 0) is 12.8 Å². The fourth-order valence-corrected chi connectivity index (χ4v) is 8.80. The molecule has 10 heteroatoms. The van der Waals surface area contributed by atoms with Crippen molar-refractivity contribution in [1.82, 2.24) is 0 Å². The molecule has 0 aromatic heterocycles. The third-order valence-corrected chi connectivity index (χ3v) is 13.0. The van der Waals surface area contributed by atoms with Crippen LogP contribution >= 0.6 is 7.82 Å². The Hall–Kier alpha value is -0.540. The Balaban J connectivity index is 3.99. The molecule has 0 spiro atoms. The van der Waals surface area contributed by atoms with Crippen molar-refractivity contribution < 1.29 is 43.0 Å². The lowest BCUT2D eigenvalue weighted by atomic mass is 10.0. The van der Waals surface area contributed by atoms with Crippen molar-refractivity contribution in [3.8, 4) is 0 Å². The first-order valence-corrected chi connectivity index (χ1v) is 28.0. The molecule has 0 heterocycles. The van der Waals surface area contributed by atoms with Crippen LogP contribution in [0.25, 0.3) is 0 Å². The number of carbonyl (C=O) groups excluding carboxylic acids is 1. The van der Waals surface area contributed by atoms with Gasteiger partial charge in [-0.2, -0.15) is 0 Å². The van der Waals surface area contributed by atoms with Gasteiger partial charge in [0, 0.05) is 13.0 Å². The highest BCUT2D eigenvalue weighted by atomic mass is 31.2. The van der Waals surface area contributed by atoms with Gasteiger partial charge in [-0.3, -0.25) is 13.8 Å². The van der Waals surface area contributed by atoms with E-state index in [0.29, 0.717) is 6.61 Å². The Morgan fingerprint density at radius 1 is 0.443 bits per heavy atom. The van der Waals surface area contributed by atoms with Gasteiger partial charge in [-0.1, -0.05) is 258 Å². The van der Waals surface area contributed by atoms with E-state index in [9.17, 15) is 19.4 Å². The standard InChI is InChI=1S/C51H103O9P/c1-3-5-7-9-11-13-15-17-19-21-23-24-26-28-30-32-34-36-38-40-42-44-57-47-50(48-59-61(55,56)58-46-49(53)45-52)60-51(54)43-41-39-37-35-33-31-29-27-25-22-20-18-16-14-12-10-8-6-4-2/h49-50,52-53H,3-48H2,1-2H3,(H,55,56). The molecule has 3 atom stereocenters. The van der Waals surface area contributed by atoms with Crippen LogP contribution in [0.5, 0.6) is 0 Å². The first-order chi connectivity index (χ1) is 29.8. The number of hydrogen-bond donors (Lipinski definition) is 3. The molecule has 0 bridgehead atoms. The van der Waals surface area contributed by atoms with Gasteiger partial charge in [0.1, 0.15) is 12.2 Å². The van der Waals surface area contributed by atoms with Crippen molar-refractivity contribution in [2.45, 2.75) is 289 Å². The van der Waals surface area contributed by atoms with Crippen molar-refractivity contribution in [2.75, 3.05) is 33.0 Å². The molecule has 9 nitrogen and oxygen atoms in total. The number of unbranched alkanes of at least 4 members (excludes halogenated alkanes) is 38. The van der Waals surface area contributed by atoms with Gasteiger partial charge < -0.3 is 24.6 Å². The highest BCUT2D eigenvalue weighted by Crippen LogP contribution is 2.43. The molecule has 0 aliphatic carbocycles. The third kappa shape index (κ3) is 48.7. The molecule has 0 fully saturated rings. The molecular formula is C51H103O9P. The number of aliphatic hydroxyl groups excluding tert-OH is 2. The summed E-state index contributed by atoms with van der Waals surface area (Å²) in [4.78, 5) is 22.7. The smallest absolute Gasteiger partial charge is 0.457 e. The Bertz CT molecular complexity index is 922. The van der Waals surface area contributed by atoms with Crippen LogP contribution in [0.4, 0.5) is 0 Å². The summed E-state index contributed by atoms with van der Waals surface area (Å²) in [5, 5.41) is 18.4. The van der Waals surface area contributed by atoms with Gasteiger partial charge in [0.2, 0.25) is 0 Å². The molecular weight excluding hydrogens is 788 g/mol. The Morgan fingerprint density at radius 2 is 0.738 bits per heavy atom. The number of carbonyl (C=O) groups is 1. The van der Waals surface area contributed by atoms with Gasteiger partial charge in [0.15, 0.2) is 0 Å². The molecule has 3 unspecified atom stereocenters. The number of ether oxygens (including phenoxy) is 2. The van der Waals surface area contributed by atoms with Crippen LogP contribution in [0.2, 0.25) is 0 Å². The number of phosphoric acid groups is 1. The van der Waals surface area contributed by atoms with Gasteiger partial charge >= 0.3 is 13.8 Å². The lowest BCUT2D eigenvalue weighted by molar-refractivity contribution is -0.154. The summed E-state index contributed by atoms with van der Waals surface area (Å²) in [6, 6.07) is 0. The lowest BCUT2D eigenvalue weighted by Crippen LogP contribution is -2.29. The van der Waals surface area contributed by atoms with Gasteiger partial charge in [-0.15, -0.1) is 0 Å². The van der Waals surface area contributed by atoms with E-state index >= 15 is 0 Å². The predicted octanol–water partition coefficient (Wildman–Crippen LogP) is 15.4. The molecule has 0 rings (SSSR count). The predicted molar refractivity (Wildman–Crippen MR) is 256 cm³/mol. The molecule has 0 saturated heterocycles. The number of phosphoric ester groups is 1. The number of aliphatic hydroxyl groups is 2. The van der Waals surface area contributed by atoms with E-state index in [1.54, 1.807) is 0 Å². The highest BCUT2D eigenvalue weighted by Gasteiger charge is 2.26. The molecule has 61 heavy (non-hydrogen) atoms. The second-order valence-corrected chi connectivity index (χ2v) is 19.7. The number of hydrogen-bond acceptors (Lipinski definition) is 8. The summed E-state index contributed by atoms with van der Waals surface area (Å²) >= 11 is 0. The Labute approximate surface area is 378 Å². The average molecular weight is 891 g/mol. The maximum Gasteiger partial charge on any atom is 0.472 e. The summed E-state index contributed by atoms with van der Waals surface area (Å²) in [7, 11) is -4.52. The summed E-state index contributed by atoms with van der Waals surface area (Å²) < 4.78 is 33.6. The molecule has 0 radical (unpaired) electrons. The van der Waals surface area contributed by atoms with Crippen LogP contribution in [0.1, 0.15) is 277 Å². The van der Waals surface area contributed by atoms with Gasteiger partial charge in [-0.25, -0.2) is 4.57 Å². The summed E-state index contributed by atoms with van der Waals surface area (Å²) in [5.41, 5.74) is 0. The normalized spacial score (nSPS) is 13.7. The minimum Gasteiger partial charge on any atom is -0.457 e. The second-order valence-electron chi connectivity index (χ2n) is 18.3. The maximum atomic E-state index is 12.7. The van der Waals surface area contributed by atoms with Crippen molar-refractivity contribution in [1.29, 1.82) is 0 Å². The number of rotatable bonds is 52. The van der Waals surface area contributed by atoms with E-state index in [4.69, 9.17) is 23.6 Å². The minimum atomic E-state index is -4.52. The quantitative estimate of drug-likeness (QED) is 0.0310. The van der Waals surface area contributed by atoms with E-state index in [0.717, 1.165) is 32.1 Å². The molecule has 0 amide bonds. The maximum absolute atomic E-state index is 12.7. The van der Waals surface area contributed by atoms with Crippen molar-refractivity contribution in [2.24, 2.45) is 0 Å². The summed E-state index contributed by atoms with van der Waals surface area (Å²) in [5.74, 6) is -0.373. The highest BCUT2D eigenvalue weighted by molar-refractivity contribution is 7.47. The zero-order valence-corrected chi connectivity index (χ0v) is 41.3. The van der Waals surface area contributed by atoms with E-state index < -0.39 is 33.2 Å². The molecule has 0 saturated carbocycles. The van der Waals surface area contributed by atoms with Gasteiger partial charge in [0.25, 0.3) is 0 Å². The van der Waals surface area contributed by atoms with Crippen molar-refractivity contribution in [3.05, 3.63) is 0 Å².